The van der Waals surface area contributed by atoms with Crippen molar-refractivity contribution in [1.82, 2.24) is 0 Å². The number of hydrogen-bond acceptors (Lipinski definition) is 3. The largest absolute Gasteiger partial charge is 0.465 e. The molecule has 3 nitrogen and oxygen atoms in total. The molecule has 0 bridgehead atoms. The van der Waals surface area contributed by atoms with Gasteiger partial charge in [-0.15, -0.1) is 0 Å². The summed E-state index contributed by atoms with van der Waals surface area (Å²) in [5.74, 6) is -0.297. The van der Waals surface area contributed by atoms with Crippen LogP contribution in [0.5, 0.6) is 0 Å². The summed E-state index contributed by atoms with van der Waals surface area (Å²) in [5.41, 5.74) is 0.252. The third kappa shape index (κ3) is 3.93. The van der Waals surface area contributed by atoms with E-state index in [0.29, 0.717) is 30.3 Å². The number of carbonyl (C=O) groups excluding carboxylic acids is 2. The van der Waals surface area contributed by atoms with Gasteiger partial charge in [0.05, 0.1) is 6.61 Å². The summed E-state index contributed by atoms with van der Waals surface area (Å²) in [5, 5.41) is 0. The first-order valence-electron chi connectivity index (χ1n) is 7.17. The topological polar surface area (TPSA) is 43.4 Å². The maximum atomic E-state index is 12.2. The first-order chi connectivity index (χ1) is 10.2. The minimum absolute atomic E-state index is 0.0433. The second kappa shape index (κ2) is 7.73. The van der Waals surface area contributed by atoms with Gasteiger partial charge >= 0.3 is 5.97 Å². The molecule has 4 heteroatoms. The molecule has 0 saturated heterocycles. The van der Waals surface area contributed by atoms with Crippen LogP contribution in [0.3, 0.4) is 0 Å². The van der Waals surface area contributed by atoms with Crippen molar-refractivity contribution in [3.63, 3.8) is 0 Å². The molecule has 1 aliphatic rings. The molecule has 0 N–H and O–H groups in total. The molecule has 112 valence electrons. The zero-order valence-corrected chi connectivity index (χ0v) is 14.0. The molecule has 1 fully saturated rings. The maximum Gasteiger partial charge on any atom is 0.320 e. The third-order valence-corrected chi connectivity index (χ3v) is 5.09. The Hall–Kier alpha value is -1.17. The van der Waals surface area contributed by atoms with E-state index in [-0.39, 0.29) is 11.8 Å². The summed E-state index contributed by atoms with van der Waals surface area (Å²) in [6.45, 7) is 0.327. The van der Waals surface area contributed by atoms with Crippen molar-refractivity contribution < 1.29 is 14.3 Å². The maximum absolute atomic E-state index is 12.2. The molecule has 0 heterocycles. The minimum Gasteiger partial charge on any atom is -0.465 e. The van der Waals surface area contributed by atoms with Crippen LogP contribution in [0.25, 0.3) is 6.08 Å². The van der Waals surface area contributed by atoms with E-state index >= 15 is 0 Å². The molecule has 1 saturated carbocycles. The Kier molecular flexibility index (Phi) is 5.96. The number of rotatable bonds is 6. The van der Waals surface area contributed by atoms with Gasteiger partial charge in [-0.3, -0.25) is 9.59 Å². The Morgan fingerprint density at radius 3 is 2.71 bits per heavy atom. The lowest BCUT2D eigenvalue weighted by Gasteiger charge is -2.22. The number of benzene rings is 1. The van der Waals surface area contributed by atoms with Crippen molar-refractivity contribution in [2.75, 3.05) is 11.0 Å². The lowest BCUT2D eigenvalue weighted by molar-refractivity contribution is -0.157. The second-order valence-electron chi connectivity index (χ2n) is 5.23. The monoisotopic (exact) mass is 398 g/mol. The van der Waals surface area contributed by atoms with Crippen LogP contribution in [0.2, 0.25) is 0 Å². The number of alkyl halides is 1. The van der Waals surface area contributed by atoms with Crippen molar-refractivity contribution in [3.8, 4) is 0 Å². The van der Waals surface area contributed by atoms with Gasteiger partial charge in [0.2, 0.25) is 0 Å². The molecule has 0 aromatic heterocycles. The fourth-order valence-corrected chi connectivity index (χ4v) is 3.60. The molecule has 1 atom stereocenters. The van der Waals surface area contributed by atoms with E-state index in [9.17, 15) is 9.59 Å². The van der Waals surface area contributed by atoms with Gasteiger partial charge < -0.3 is 4.74 Å². The van der Waals surface area contributed by atoms with Crippen LogP contribution >= 0.6 is 22.6 Å². The predicted molar refractivity (Wildman–Crippen MR) is 91.2 cm³/mol. The van der Waals surface area contributed by atoms with Gasteiger partial charge in [-0.2, -0.15) is 0 Å². The van der Waals surface area contributed by atoms with E-state index in [1.165, 1.54) is 0 Å². The normalized spacial score (nSPS) is 21.9. The molecule has 1 unspecified atom stereocenters. The van der Waals surface area contributed by atoms with Crippen LogP contribution in [0.15, 0.2) is 36.4 Å². The Bertz CT molecular complexity index is 524. The Labute approximate surface area is 138 Å². The van der Waals surface area contributed by atoms with E-state index in [1.807, 2.05) is 42.5 Å². The van der Waals surface area contributed by atoms with Gasteiger partial charge in [0.25, 0.3) is 0 Å². The molecule has 0 spiro atoms. The first-order valence-corrected chi connectivity index (χ1v) is 8.70. The molecule has 21 heavy (non-hydrogen) atoms. The number of ether oxygens (including phenoxy) is 1. The Balaban J connectivity index is 1.79. The van der Waals surface area contributed by atoms with E-state index < -0.39 is 5.41 Å². The van der Waals surface area contributed by atoms with Crippen molar-refractivity contribution in [3.05, 3.63) is 42.0 Å². The average Bonchev–Trinajstić information content (AvgIpc) is 2.90. The Morgan fingerprint density at radius 2 is 2.10 bits per heavy atom. The molecule has 2 rings (SSSR count). The van der Waals surface area contributed by atoms with Gasteiger partial charge in [0, 0.05) is 10.8 Å². The summed E-state index contributed by atoms with van der Waals surface area (Å²) in [4.78, 5) is 24.1. The van der Waals surface area contributed by atoms with Crippen LogP contribution in [0, 0.1) is 5.41 Å². The van der Waals surface area contributed by atoms with Crippen LogP contribution in [-0.2, 0) is 14.3 Å². The number of hydrogen-bond donors (Lipinski definition) is 0. The van der Waals surface area contributed by atoms with Crippen LogP contribution in [-0.4, -0.2) is 22.8 Å². The molecule has 0 radical (unpaired) electrons. The number of esters is 1. The van der Waals surface area contributed by atoms with Crippen molar-refractivity contribution >= 4 is 40.4 Å². The zero-order chi connectivity index (χ0) is 15.1. The highest BCUT2D eigenvalue weighted by Gasteiger charge is 2.48. The highest BCUT2D eigenvalue weighted by molar-refractivity contribution is 14.1. The average molecular weight is 398 g/mol. The van der Waals surface area contributed by atoms with Gasteiger partial charge in [-0.05, 0) is 24.8 Å². The van der Waals surface area contributed by atoms with E-state index in [0.717, 1.165) is 12.0 Å². The third-order valence-electron chi connectivity index (χ3n) is 3.79. The lowest BCUT2D eigenvalue weighted by atomic mass is 9.88. The fourth-order valence-electron chi connectivity index (χ4n) is 2.48. The lowest BCUT2D eigenvalue weighted by Crippen LogP contribution is -2.38. The minimum atomic E-state index is -0.871. The van der Waals surface area contributed by atoms with E-state index in [1.54, 1.807) is 0 Å². The molecular weight excluding hydrogens is 379 g/mol. The highest BCUT2D eigenvalue weighted by Crippen LogP contribution is 2.37. The van der Waals surface area contributed by atoms with Crippen molar-refractivity contribution in [2.45, 2.75) is 25.7 Å². The van der Waals surface area contributed by atoms with Gasteiger partial charge in [0.15, 0.2) is 5.78 Å². The van der Waals surface area contributed by atoms with Crippen LogP contribution in [0.1, 0.15) is 31.2 Å². The quantitative estimate of drug-likeness (QED) is 0.241. The van der Waals surface area contributed by atoms with Gasteiger partial charge in [-0.1, -0.05) is 65.1 Å². The summed E-state index contributed by atoms with van der Waals surface area (Å²) in [6, 6.07) is 9.97. The molecule has 1 aliphatic carbocycles. The Morgan fingerprint density at radius 1 is 1.33 bits per heavy atom. The van der Waals surface area contributed by atoms with Crippen molar-refractivity contribution in [2.24, 2.45) is 5.41 Å². The summed E-state index contributed by atoms with van der Waals surface area (Å²) >= 11 is 2.11. The molecule has 1 aromatic carbocycles. The smallest absolute Gasteiger partial charge is 0.320 e. The summed E-state index contributed by atoms with van der Waals surface area (Å²) in [6.07, 6.45) is 6.58. The van der Waals surface area contributed by atoms with Crippen LogP contribution < -0.4 is 0 Å². The molecule has 0 amide bonds. The first kappa shape index (κ1) is 16.2. The van der Waals surface area contributed by atoms with Crippen molar-refractivity contribution in [1.29, 1.82) is 0 Å². The summed E-state index contributed by atoms with van der Waals surface area (Å²) < 4.78 is 5.83. The number of halogens is 1. The number of carbonyl (C=O) groups is 2. The van der Waals surface area contributed by atoms with Crippen LogP contribution in [0.4, 0.5) is 0 Å². The SMILES string of the molecule is O=C1CCCC1(CI)C(=O)OCC/C=C/c1ccccc1. The fraction of sp³-hybridized carbons (Fsp3) is 0.412. The standard InChI is InChI=1S/C17H19IO3/c18-13-17(11-6-10-15(17)19)16(20)21-12-5-4-9-14-7-2-1-3-8-14/h1-4,7-9H,5-6,10-13H2/b9-4+. The molecule has 0 aliphatic heterocycles. The van der Waals surface area contributed by atoms with Gasteiger partial charge in [0.1, 0.15) is 5.41 Å². The number of Topliss-reactive ketones (excluding diaryl/α,β-unsaturated/α-hetero) is 1. The van der Waals surface area contributed by atoms with E-state index in [4.69, 9.17) is 4.74 Å². The zero-order valence-electron chi connectivity index (χ0n) is 11.9. The van der Waals surface area contributed by atoms with E-state index in [2.05, 4.69) is 22.6 Å². The summed E-state index contributed by atoms with van der Waals surface area (Å²) in [7, 11) is 0. The second-order valence-corrected chi connectivity index (χ2v) is 5.99. The molecular formula is C17H19IO3. The number of ketones is 1. The van der Waals surface area contributed by atoms with Gasteiger partial charge in [-0.25, -0.2) is 0 Å². The predicted octanol–water partition coefficient (Wildman–Crippen LogP) is 3.81. The highest BCUT2D eigenvalue weighted by atomic mass is 127. The molecule has 1 aromatic rings.